The Hall–Kier alpha value is -1.84. The highest BCUT2D eigenvalue weighted by Crippen LogP contribution is 2.30. The second kappa shape index (κ2) is 3.58. The van der Waals surface area contributed by atoms with E-state index < -0.39 is 0 Å². The molecule has 0 aliphatic carbocycles. The van der Waals surface area contributed by atoms with Gasteiger partial charge in [0.25, 0.3) is 0 Å². The summed E-state index contributed by atoms with van der Waals surface area (Å²) in [6.07, 6.45) is 0.936. The van der Waals surface area contributed by atoms with Crippen LogP contribution in [0.4, 0.5) is 0 Å². The Kier molecular flexibility index (Phi) is 2.18. The molecule has 1 aliphatic heterocycles. The molecule has 0 bridgehead atoms. The number of hydrogen-bond donors (Lipinski definition) is 1. The minimum atomic E-state index is 0.00619. The summed E-state index contributed by atoms with van der Waals surface area (Å²) in [7, 11) is 0. The van der Waals surface area contributed by atoms with Crippen LogP contribution in [0.2, 0.25) is 0 Å². The lowest BCUT2D eigenvalue weighted by atomic mass is 10.2. The number of benzene rings is 1. The van der Waals surface area contributed by atoms with E-state index in [1.165, 1.54) is 11.1 Å². The summed E-state index contributed by atoms with van der Waals surface area (Å²) in [5, 5.41) is 2.95. The Morgan fingerprint density at radius 2 is 2.35 bits per heavy atom. The van der Waals surface area contributed by atoms with Crippen LogP contribution in [0, 0.1) is 6.92 Å². The number of carbonyl (C=O) groups excluding carboxylic acids is 1. The zero-order chi connectivity index (χ0) is 12.0. The topological polar surface area (TPSA) is 46.9 Å². The third-order valence-corrected chi connectivity index (χ3v) is 3.26. The highest BCUT2D eigenvalue weighted by Gasteiger charge is 2.26. The molecule has 1 aromatic heterocycles. The molecule has 4 nitrogen and oxygen atoms in total. The van der Waals surface area contributed by atoms with Gasteiger partial charge in [0.1, 0.15) is 5.82 Å². The summed E-state index contributed by atoms with van der Waals surface area (Å²) in [4.78, 5) is 15.7. The van der Waals surface area contributed by atoms with Crippen LogP contribution in [-0.2, 0) is 11.3 Å². The first kappa shape index (κ1) is 10.3. The monoisotopic (exact) mass is 229 g/mol. The van der Waals surface area contributed by atoms with E-state index in [9.17, 15) is 4.79 Å². The van der Waals surface area contributed by atoms with E-state index in [1.54, 1.807) is 6.92 Å². The van der Waals surface area contributed by atoms with Gasteiger partial charge in [0.05, 0.1) is 17.1 Å². The van der Waals surface area contributed by atoms with Gasteiger partial charge in [0.15, 0.2) is 0 Å². The van der Waals surface area contributed by atoms with E-state index in [2.05, 4.69) is 33.9 Å². The van der Waals surface area contributed by atoms with Crippen molar-refractivity contribution in [3.8, 4) is 0 Å². The quantitative estimate of drug-likeness (QED) is 0.812. The fraction of sp³-hybridized carbons (Fsp3) is 0.385. The molecule has 1 atom stereocenters. The lowest BCUT2D eigenvalue weighted by molar-refractivity contribution is -0.119. The molecule has 2 heterocycles. The Labute approximate surface area is 99.6 Å². The summed E-state index contributed by atoms with van der Waals surface area (Å²) < 4.78 is 2.21. The van der Waals surface area contributed by atoms with Gasteiger partial charge in [0, 0.05) is 13.5 Å². The first-order valence-corrected chi connectivity index (χ1v) is 5.89. The SMILES string of the molecule is CC(=O)N[C@H]1CCn2c1nc1ccc(C)cc12. The van der Waals surface area contributed by atoms with Crippen LogP contribution in [-0.4, -0.2) is 15.5 Å². The van der Waals surface area contributed by atoms with E-state index in [4.69, 9.17) is 0 Å². The van der Waals surface area contributed by atoms with Gasteiger partial charge in [-0.05, 0) is 31.0 Å². The van der Waals surface area contributed by atoms with Crippen LogP contribution in [0.1, 0.15) is 30.8 Å². The fourth-order valence-corrected chi connectivity index (χ4v) is 2.52. The summed E-state index contributed by atoms with van der Waals surface area (Å²) in [6.45, 7) is 4.56. The number of aryl methyl sites for hydroxylation is 2. The molecule has 0 fully saturated rings. The van der Waals surface area contributed by atoms with Gasteiger partial charge in [0.2, 0.25) is 5.91 Å². The molecule has 0 saturated carbocycles. The molecule has 2 aromatic rings. The highest BCUT2D eigenvalue weighted by molar-refractivity contribution is 5.78. The molecular weight excluding hydrogens is 214 g/mol. The highest BCUT2D eigenvalue weighted by atomic mass is 16.1. The number of carbonyl (C=O) groups is 1. The lowest BCUT2D eigenvalue weighted by Crippen LogP contribution is -2.24. The van der Waals surface area contributed by atoms with Gasteiger partial charge in [-0.25, -0.2) is 4.98 Å². The van der Waals surface area contributed by atoms with E-state index in [0.717, 1.165) is 24.3 Å². The second-order valence-corrected chi connectivity index (χ2v) is 4.66. The van der Waals surface area contributed by atoms with Crippen molar-refractivity contribution in [3.63, 3.8) is 0 Å². The van der Waals surface area contributed by atoms with E-state index >= 15 is 0 Å². The molecule has 17 heavy (non-hydrogen) atoms. The maximum atomic E-state index is 11.1. The predicted molar refractivity (Wildman–Crippen MR) is 65.6 cm³/mol. The number of nitrogens with one attached hydrogen (secondary N) is 1. The van der Waals surface area contributed by atoms with Crippen LogP contribution >= 0.6 is 0 Å². The number of hydrogen-bond acceptors (Lipinski definition) is 2. The molecule has 0 unspecified atom stereocenters. The van der Waals surface area contributed by atoms with Crippen molar-refractivity contribution in [2.75, 3.05) is 0 Å². The van der Waals surface area contributed by atoms with E-state index in [-0.39, 0.29) is 11.9 Å². The Balaban J connectivity index is 2.10. The zero-order valence-corrected chi connectivity index (χ0v) is 10.0. The second-order valence-electron chi connectivity index (χ2n) is 4.66. The predicted octanol–water partition coefficient (Wildman–Crippen LogP) is 1.93. The number of fused-ring (bicyclic) bond motifs is 3. The third kappa shape index (κ3) is 1.60. The van der Waals surface area contributed by atoms with Gasteiger partial charge < -0.3 is 9.88 Å². The van der Waals surface area contributed by atoms with Crippen molar-refractivity contribution in [1.29, 1.82) is 0 Å². The van der Waals surface area contributed by atoms with Crippen molar-refractivity contribution >= 4 is 16.9 Å². The van der Waals surface area contributed by atoms with Crippen LogP contribution in [0.5, 0.6) is 0 Å². The molecule has 4 heteroatoms. The van der Waals surface area contributed by atoms with Crippen molar-refractivity contribution in [3.05, 3.63) is 29.6 Å². The smallest absolute Gasteiger partial charge is 0.217 e. The maximum absolute atomic E-state index is 11.1. The summed E-state index contributed by atoms with van der Waals surface area (Å²) in [6, 6.07) is 6.33. The largest absolute Gasteiger partial charge is 0.346 e. The average molecular weight is 229 g/mol. The molecule has 0 saturated heterocycles. The minimum Gasteiger partial charge on any atom is -0.346 e. The van der Waals surface area contributed by atoms with Crippen molar-refractivity contribution in [2.24, 2.45) is 0 Å². The van der Waals surface area contributed by atoms with Crippen molar-refractivity contribution in [1.82, 2.24) is 14.9 Å². The van der Waals surface area contributed by atoms with Crippen LogP contribution in [0.25, 0.3) is 11.0 Å². The molecule has 1 amide bonds. The fourth-order valence-electron chi connectivity index (χ4n) is 2.52. The Bertz CT molecular complexity index is 600. The van der Waals surface area contributed by atoms with Gasteiger partial charge in [-0.1, -0.05) is 6.07 Å². The lowest BCUT2D eigenvalue weighted by Gasteiger charge is -2.07. The third-order valence-electron chi connectivity index (χ3n) is 3.26. The number of imidazole rings is 1. The maximum Gasteiger partial charge on any atom is 0.217 e. The Morgan fingerprint density at radius 1 is 1.53 bits per heavy atom. The van der Waals surface area contributed by atoms with Crippen LogP contribution in [0.15, 0.2) is 18.2 Å². The Morgan fingerprint density at radius 3 is 3.12 bits per heavy atom. The van der Waals surface area contributed by atoms with Gasteiger partial charge in [-0.15, -0.1) is 0 Å². The first-order valence-electron chi connectivity index (χ1n) is 5.89. The van der Waals surface area contributed by atoms with Gasteiger partial charge in [-0.2, -0.15) is 0 Å². The average Bonchev–Trinajstić information content (AvgIpc) is 2.78. The van der Waals surface area contributed by atoms with Gasteiger partial charge in [-0.3, -0.25) is 4.79 Å². The van der Waals surface area contributed by atoms with Crippen molar-refractivity contribution < 1.29 is 4.79 Å². The molecule has 88 valence electrons. The molecule has 1 aromatic carbocycles. The van der Waals surface area contributed by atoms with Crippen LogP contribution in [0.3, 0.4) is 0 Å². The number of nitrogens with zero attached hydrogens (tertiary/aromatic N) is 2. The number of rotatable bonds is 1. The molecular formula is C13H15N3O. The standard InChI is InChI=1S/C13H15N3O/c1-8-3-4-10-12(7-8)16-6-5-11(13(16)15-10)14-9(2)17/h3-4,7,11H,5-6H2,1-2H3,(H,14,17)/t11-/m0/s1. The summed E-state index contributed by atoms with van der Waals surface area (Å²) >= 11 is 0. The molecule has 1 N–H and O–H groups in total. The number of amides is 1. The van der Waals surface area contributed by atoms with Gasteiger partial charge >= 0.3 is 0 Å². The molecule has 1 aliphatic rings. The molecule has 0 radical (unpaired) electrons. The number of aromatic nitrogens is 2. The van der Waals surface area contributed by atoms with E-state index in [0.29, 0.717) is 0 Å². The minimum absolute atomic E-state index is 0.00619. The molecule has 3 rings (SSSR count). The van der Waals surface area contributed by atoms with E-state index in [1.807, 2.05) is 6.07 Å². The van der Waals surface area contributed by atoms with Crippen LogP contribution < -0.4 is 5.32 Å². The first-order chi connectivity index (χ1) is 8.15. The molecule has 0 spiro atoms. The summed E-state index contributed by atoms with van der Waals surface area (Å²) in [5.74, 6) is 0.993. The summed E-state index contributed by atoms with van der Waals surface area (Å²) in [5.41, 5.74) is 3.43. The normalized spacial score (nSPS) is 18.4. The van der Waals surface area contributed by atoms with Crippen molar-refractivity contribution in [2.45, 2.75) is 32.9 Å². The zero-order valence-electron chi connectivity index (χ0n) is 10.0.